The van der Waals surface area contributed by atoms with Crippen LogP contribution in [0.15, 0.2) is 0 Å². The topological polar surface area (TPSA) is 72.2 Å². The molecule has 0 bridgehead atoms. The summed E-state index contributed by atoms with van der Waals surface area (Å²) in [6.45, 7) is -0.154. The molecule has 0 spiro atoms. The Morgan fingerprint density at radius 1 is 1.33 bits per heavy atom. The van der Waals surface area contributed by atoms with E-state index < -0.39 is 15.5 Å². The van der Waals surface area contributed by atoms with E-state index in [0.29, 0.717) is 0 Å². The molecule has 0 unspecified atom stereocenters. The number of hydrogen-bond acceptors (Lipinski definition) is 3. The lowest BCUT2D eigenvalue weighted by atomic mass is 10.4. The van der Waals surface area contributed by atoms with Crippen molar-refractivity contribution in [3.05, 3.63) is 0 Å². The number of nitrogens with one attached hydrogen (secondary N) is 1. The summed E-state index contributed by atoms with van der Waals surface area (Å²) < 4.78 is 56.6. The average molecular weight is 206 g/mol. The van der Waals surface area contributed by atoms with Crippen LogP contribution in [0.4, 0.5) is 13.2 Å². The lowest BCUT2D eigenvalue weighted by Gasteiger charge is -2.08. The van der Waals surface area contributed by atoms with Gasteiger partial charge in [-0.05, 0) is 13.0 Å². The van der Waals surface area contributed by atoms with Crippen molar-refractivity contribution in [1.82, 2.24) is 4.72 Å². The highest BCUT2D eigenvalue weighted by Crippen LogP contribution is 2.21. The van der Waals surface area contributed by atoms with Gasteiger partial charge in [-0.2, -0.15) is 13.2 Å². The molecule has 0 saturated carbocycles. The molecule has 3 N–H and O–H groups in total. The molecule has 0 radical (unpaired) electrons. The van der Waals surface area contributed by atoms with Gasteiger partial charge in [-0.1, -0.05) is 0 Å². The Morgan fingerprint density at radius 2 is 1.83 bits per heavy atom. The van der Waals surface area contributed by atoms with Crippen LogP contribution in [-0.4, -0.2) is 27.0 Å². The Hall–Kier alpha value is -0.340. The lowest BCUT2D eigenvalue weighted by molar-refractivity contribution is -0.0447. The van der Waals surface area contributed by atoms with Gasteiger partial charge in [0.25, 0.3) is 0 Å². The van der Waals surface area contributed by atoms with E-state index in [1.807, 2.05) is 0 Å². The summed E-state index contributed by atoms with van der Waals surface area (Å²) in [6, 6.07) is 0. The first-order chi connectivity index (χ1) is 5.31. The minimum Gasteiger partial charge on any atom is -0.330 e. The fourth-order valence-corrected chi connectivity index (χ4v) is 0.967. The first-order valence-corrected chi connectivity index (χ1v) is 4.55. The predicted molar refractivity (Wildman–Crippen MR) is 36.6 cm³/mol. The summed E-state index contributed by atoms with van der Waals surface area (Å²) in [7, 11) is -5.18. The quantitative estimate of drug-likeness (QED) is 0.624. The van der Waals surface area contributed by atoms with Crippen molar-refractivity contribution >= 4 is 10.0 Å². The summed E-state index contributed by atoms with van der Waals surface area (Å²) >= 11 is 0. The van der Waals surface area contributed by atoms with Crippen molar-refractivity contribution in [2.45, 2.75) is 11.9 Å². The Balaban J connectivity index is 4.08. The van der Waals surface area contributed by atoms with Gasteiger partial charge in [-0.15, -0.1) is 0 Å². The van der Waals surface area contributed by atoms with E-state index in [9.17, 15) is 21.6 Å². The maximum Gasteiger partial charge on any atom is 0.511 e. The summed E-state index contributed by atoms with van der Waals surface area (Å²) in [5.41, 5.74) is -0.284. The van der Waals surface area contributed by atoms with E-state index in [1.54, 1.807) is 0 Å². The second kappa shape index (κ2) is 4.06. The SMILES string of the molecule is NCCCNS(=O)(=O)C(F)(F)F. The van der Waals surface area contributed by atoms with Gasteiger partial charge in [0, 0.05) is 6.54 Å². The molecule has 0 amide bonds. The highest BCUT2D eigenvalue weighted by molar-refractivity contribution is 7.90. The van der Waals surface area contributed by atoms with Gasteiger partial charge < -0.3 is 5.73 Å². The largest absolute Gasteiger partial charge is 0.511 e. The smallest absolute Gasteiger partial charge is 0.330 e. The summed E-state index contributed by atoms with van der Waals surface area (Å²) in [6.07, 6.45) is 0.176. The monoisotopic (exact) mass is 206 g/mol. The lowest BCUT2D eigenvalue weighted by Crippen LogP contribution is -2.37. The Morgan fingerprint density at radius 3 is 2.17 bits per heavy atom. The van der Waals surface area contributed by atoms with E-state index in [-0.39, 0.29) is 19.5 Å². The number of nitrogens with two attached hydrogens (primary N) is 1. The molecule has 0 aromatic carbocycles. The third-order valence-electron chi connectivity index (χ3n) is 0.978. The van der Waals surface area contributed by atoms with E-state index >= 15 is 0 Å². The highest BCUT2D eigenvalue weighted by Gasteiger charge is 2.45. The first kappa shape index (κ1) is 11.7. The third kappa shape index (κ3) is 3.37. The van der Waals surface area contributed by atoms with Crippen LogP contribution in [0.1, 0.15) is 6.42 Å². The van der Waals surface area contributed by atoms with Crippen LogP contribution in [0.2, 0.25) is 0 Å². The zero-order valence-electron chi connectivity index (χ0n) is 6.06. The predicted octanol–water partition coefficient (Wildman–Crippen LogP) is -0.226. The molecule has 0 heterocycles. The molecule has 0 aromatic rings. The van der Waals surface area contributed by atoms with Crippen molar-refractivity contribution in [2.75, 3.05) is 13.1 Å². The van der Waals surface area contributed by atoms with Crippen molar-refractivity contribution < 1.29 is 21.6 Å². The zero-order valence-corrected chi connectivity index (χ0v) is 6.87. The molecule has 8 heteroatoms. The van der Waals surface area contributed by atoms with Gasteiger partial charge >= 0.3 is 15.5 Å². The molecule has 0 saturated heterocycles. The Kier molecular flexibility index (Phi) is 3.94. The molecule has 4 nitrogen and oxygen atoms in total. The maximum atomic E-state index is 11.6. The fraction of sp³-hybridized carbons (Fsp3) is 1.00. The third-order valence-corrected chi connectivity index (χ3v) is 2.17. The standard InChI is InChI=1S/C4H9F3N2O2S/c5-4(6,7)12(10,11)9-3-1-2-8/h9H,1-3,8H2. The van der Waals surface area contributed by atoms with Gasteiger partial charge in [0.15, 0.2) is 0 Å². The zero-order chi connectivity index (χ0) is 9.83. The summed E-state index contributed by atoms with van der Waals surface area (Å²) in [5.74, 6) is 0. The van der Waals surface area contributed by atoms with Gasteiger partial charge in [0.1, 0.15) is 0 Å². The molecule has 0 aliphatic heterocycles. The Labute approximate surface area is 68.0 Å². The molecule has 0 rings (SSSR count). The average Bonchev–Trinajstić information content (AvgIpc) is 1.85. The van der Waals surface area contributed by atoms with E-state index in [0.717, 1.165) is 0 Å². The van der Waals surface area contributed by atoms with Crippen LogP contribution >= 0.6 is 0 Å². The van der Waals surface area contributed by atoms with Crippen LogP contribution in [-0.2, 0) is 10.0 Å². The van der Waals surface area contributed by atoms with Crippen molar-refractivity contribution in [1.29, 1.82) is 0 Å². The molecule has 0 atom stereocenters. The van der Waals surface area contributed by atoms with Crippen LogP contribution in [0.5, 0.6) is 0 Å². The molecule has 74 valence electrons. The van der Waals surface area contributed by atoms with E-state index in [2.05, 4.69) is 0 Å². The molecule has 0 aliphatic rings. The van der Waals surface area contributed by atoms with Crippen molar-refractivity contribution in [2.24, 2.45) is 5.73 Å². The van der Waals surface area contributed by atoms with Crippen molar-refractivity contribution in [3.63, 3.8) is 0 Å². The minimum absolute atomic E-state index is 0.139. The van der Waals surface area contributed by atoms with Crippen LogP contribution < -0.4 is 10.5 Å². The second-order valence-corrected chi connectivity index (χ2v) is 3.74. The first-order valence-electron chi connectivity index (χ1n) is 3.07. The van der Waals surface area contributed by atoms with E-state index in [4.69, 9.17) is 5.73 Å². The maximum absolute atomic E-state index is 11.6. The van der Waals surface area contributed by atoms with Crippen LogP contribution in [0.25, 0.3) is 0 Å². The molecule has 0 fully saturated rings. The second-order valence-electron chi connectivity index (χ2n) is 1.99. The van der Waals surface area contributed by atoms with E-state index in [1.165, 1.54) is 4.72 Å². The molecular formula is C4H9F3N2O2S. The van der Waals surface area contributed by atoms with Crippen LogP contribution in [0, 0.1) is 0 Å². The summed E-state index contributed by atoms with van der Waals surface area (Å²) in [4.78, 5) is 0. The normalized spacial score (nSPS) is 13.3. The van der Waals surface area contributed by atoms with Gasteiger partial charge in [0.2, 0.25) is 0 Å². The van der Waals surface area contributed by atoms with Gasteiger partial charge in [-0.3, -0.25) is 0 Å². The number of alkyl halides is 3. The number of sulfonamides is 1. The number of hydrogen-bond donors (Lipinski definition) is 2. The van der Waals surface area contributed by atoms with Crippen LogP contribution in [0.3, 0.4) is 0 Å². The molecule has 0 aliphatic carbocycles. The highest BCUT2D eigenvalue weighted by atomic mass is 32.2. The number of rotatable bonds is 4. The fourth-order valence-electron chi connectivity index (χ4n) is 0.390. The number of halogens is 3. The van der Waals surface area contributed by atoms with Crippen molar-refractivity contribution in [3.8, 4) is 0 Å². The Bertz CT molecular complexity index is 223. The molecule has 0 aromatic heterocycles. The molecular weight excluding hydrogens is 197 g/mol. The molecule has 12 heavy (non-hydrogen) atoms. The summed E-state index contributed by atoms with van der Waals surface area (Å²) in [5, 5.41) is 0. The van der Waals surface area contributed by atoms with Gasteiger partial charge in [-0.25, -0.2) is 13.1 Å². The van der Waals surface area contributed by atoms with Gasteiger partial charge in [0.05, 0.1) is 0 Å². The minimum atomic E-state index is -5.23.